The molecule has 1 aliphatic rings. The van der Waals surface area contributed by atoms with Crippen molar-refractivity contribution in [3.05, 3.63) is 35.6 Å². The van der Waals surface area contributed by atoms with Gasteiger partial charge < -0.3 is 15.7 Å². The second-order valence-electron chi connectivity index (χ2n) is 7.30. The normalized spacial score (nSPS) is 16.0. The highest BCUT2D eigenvalue weighted by Crippen LogP contribution is 2.48. The highest BCUT2D eigenvalue weighted by molar-refractivity contribution is 5.74. The lowest BCUT2D eigenvalue weighted by atomic mass is 9.89. The Morgan fingerprint density at radius 2 is 2.00 bits per heavy atom. The molecule has 23 heavy (non-hydrogen) atoms. The molecule has 3 N–H and O–H groups in total. The van der Waals surface area contributed by atoms with Crippen LogP contribution in [0.1, 0.15) is 45.1 Å². The molecular weight excluding hydrogens is 295 g/mol. The number of hydrogen-bond acceptors (Lipinski definition) is 2. The predicted molar refractivity (Wildman–Crippen MR) is 88.8 cm³/mol. The molecule has 0 spiro atoms. The minimum absolute atomic E-state index is 0.110. The van der Waals surface area contributed by atoms with Crippen molar-refractivity contribution in [1.29, 1.82) is 0 Å². The average molecular weight is 322 g/mol. The van der Waals surface area contributed by atoms with Crippen LogP contribution in [0.2, 0.25) is 0 Å². The van der Waals surface area contributed by atoms with Crippen LogP contribution in [0.5, 0.6) is 0 Å². The van der Waals surface area contributed by atoms with E-state index in [1.54, 1.807) is 12.1 Å². The summed E-state index contributed by atoms with van der Waals surface area (Å²) in [5.41, 5.74) is 0.354. The molecule has 0 bridgehead atoms. The summed E-state index contributed by atoms with van der Waals surface area (Å²) in [6, 6.07) is 6.58. The third-order valence-corrected chi connectivity index (χ3v) is 4.63. The number of nitrogens with one attached hydrogen (secondary N) is 2. The number of amides is 2. The molecule has 0 radical (unpaired) electrons. The monoisotopic (exact) mass is 322 g/mol. The van der Waals surface area contributed by atoms with Crippen LogP contribution in [0, 0.1) is 11.2 Å². The van der Waals surface area contributed by atoms with E-state index in [9.17, 15) is 14.3 Å². The fourth-order valence-corrected chi connectivity index (χ4v) is 2.74. The van der Waals surface area contributed by atoms with E-state index in [4.69, 9.17) is 0 Å². The van der Waals surface area contributed by atoms with Gasteiger partial charge in [-0.1, -0.05) is 32.0 Å². The third kappa shape index (κ3) is 4.93. The van der Waals surface area contributed by atoms with E-state index in [-0.39, 0.29) is 29.3 Å². The van der Waals surface area contributed by atoms with Gasteiger partial charge in [0.15, 0.2) is 0 Å². The molecule has 2 amide bonds. The lowest BCUT2D eigenvalue weighted by Crippen LogP contribution is -2.40. The highest BCUT2D eigenvalue weighted by Gasteiger charge is 2.45. The Hall–Kier alpha value is -1.62. The van der Waals surface area contributed by atoms with E-state index >= 15 is 0 Å². The number of benzene rings is 1. The molecule has 0 heterocycles. The molecule has 0 saturated heterocycles. The zero-order valence-corrected chi connectivity index (χ0v) is 14.0. The Morgan fingerprint density at radius 1 is 1.30 bits per heavy atom. The molecule has 1 fully saturated rings. The minimum Gasteiger partial charge on any atom is -0.396 e. The van der Waals surface area contributed by atoms with Gasteiger partial charge in [-0.3, -0.25) is 0 Å². The van der Waals surface area contributed by atoms with Crippen molar-refractivity contribution in [3.8, 4) is 0 Å². The number of urea groups is 1. The fraction of sp³-hybridized carbons (Fsp3) is 0.611. The van der Waals surface area contributed by atoms with E-state index < -0.39 is 0 Å². The van der Waals surface area contributed by atoms with Gasteiger partial charge in [-0.25, -0.2) is 9.18 Å². The number of carbonyl (C=O) groups excluding carboxylic acids is 1. The molecule has 1 aromatic carbocycles. The first-order valence-electron chi connectivity index (χ1n) is 8.26. The van der Waals surface area contributed by atoms with Crippen molar-refractivity contribution in [2.75, 3.05) is 19.7 Å². The van der Waals surface area contributed by atoms with E-state index in [0.29, 0.717) is 18.7 Å². The first kappa shape index (κ1) is 17.7. The summed E-state index contributed by atoms with van der Waals surface area (Å²) in [5, 5.41) is 14.9. The zero-order chi connectivity index (χ0) is 16.9. The maximum Gasteiger partial charge on any atom is 0.314 e. The van der Waals surface area contributed by atoms with Gasteiger partial charge >= 0.3 is 6.03 Å². The molecule has 0 unspecified atom stereocenters. The summed E-state index contributed by atoms with van der Waals surface area (Å²) in [6.07, 6.45) is 3.47. The summed E-state index contributed by atoms with van der Waals surface area (Å²) in [7, 11) is 0. The summed E-state index contributed by atoms with van der Waals surface area (Å²) in [5.74, 6) is -0.196. The Labute approximate surface area is 137 Å². The number of aliphatic hydroxyl groups excluding tert-OH is 1. The van der Waals surface area contributed by atoms with Crippen LogP contribution in [0.25, 0.3) is 0 Å². The second kappa shape index (κ2) is 7.30. The number of aliphatic hydroxyl groups is 1. The molecule has 5 heteroatoms. The van der Waals surface area contributed by atoms with Crippen molar-refractivity contribution in [2.45, 2.75) is 44.9 Å². The second-order valence-corrected chi connectivity index (χ2v) is 7.30. The molecule has 0 aromatic heterocycles. The average Bonchev–Trinajstić information content (AvgIpc) is 3.31. The molecule has 4 nitrogen and oxygen atoms in total. The van der Waals surface area contributed by atoms with Crippen LogP contribution in [0.15, 0.2) is 24.3 Å². The van der Waals surface area contributed by atoms with Gasteiger partial charge in [0.1, 0.15) is 5.82 Å². The van der Waals surface area contributed by atoms with Gasteiger partial charge in [0, 0.05) is 25.1 Å². The Kier molecular flexibility index (Phi) is 5.63. The lowest BCUT2D eigenvalue weighted by Gasteiger charge is -2.21. The Bertz CT molecular complexity index is 542. The van der Waals surface area contributed by atoms with E-state index in [0.717, 1.165) is 25.7 Å². The zero-order valence-electron chi connectivity index (χ0n) is 14.0. The third-order valence-electron chi connectivity index (χ3n) is 4.63. The van der Waals surface area contributed by atoms with Gasteiger partial charge in [-0.2, -0.15) is 0 Å². The highest BCUT2D eigenvalue weighted by atomic mass is 19.1. The summed E-state index contributed by atoms with van der Waals surface area (Å²) < 4.78 is 13.9. The van der Waals surface area contributed by atoms with E-state index in [1.165, 1.54) is 6.07 Å². The topological polar surface area (TPSA) is 61.4 Å². The SMILES string of the molecule is CC(C)(CO)CCCNC(=O)NCC1(c2ccccc2F)CC1. The van der Waals surface area contributed by atoms with Crippen molar-refractivity contribution >= 4 is 6.03 Å². The number of halogens is 1. The first-order valence-corrected chi connectivity index (χ1v) is 8.26. The maximum atomic E-state index is 13.9. The largest absolute Gasteiger partial charge is 0.396 e. The van der Waals surface area contributed by atoms with Crippen LogP contribution in [-0.2, 0) is 5.41 Å². The van der Waals surface area contributed by atoms with Crippen molar-refractivity contribution in [1.82, 2.24) is 10.6 Å². The van der Waals surface area contributed by atoms with Crippen LogP contribution in [0.4, 0.5) is 9.18 Å². The maximum absolute atomic E-state index is 13.9. The van der Waals surface area contributed by atoms with E-state index in [1.807, 2.05) is 19.9 Å². The minimum atomic E-state index is -0.235. The quantitative estimate of drug-likeness (QED) is 0.644. The molecular formula is C18H27FN2O2. The predicted octanol–water partition coefficient (Wildman–Crippen LogP) is 2.96. The number of rotatable bonds is 8. The van der Waals surface area contributed by atoms with Gasteiger partial charge in [0.2, 0.25) is 0 Å². The molecule has 1 saturated carbocycles. The van der Waals surface area contributed by atoms with Crippen LogP contribution < -0.4 is 10.6 Å². The molecule has 1 aromatic rings. The van der Waals surface area contributed by atoms with Gasteiger partial charge in [0.25, 0.3) is 0 Å². The first-order chi connectivity index (χ1) is 10.9. The van der Waals surface area contributed by atoms with Crippen molar-refractivity contribution in [2.24, 2.45) is 5.41 Å². The number of hydrogen-bond donors (Lipinski definition) is 3. The van der Waals surface area contributed by atoms with Crippen LogP contribution >= 0.6 is 0 Å². The van der Waals surface area contributed by atoms with E-state index in [2.05, 4.69) is 10.6 Å². The fourth-order valence-electron chi connectivity index (χ4n) is 2.74. The molecule has 0 atom stereocenters. The molecule has 2 rings (SSSR count). The van der Waals surface area contributed by atoms with Crippen molar-refractivity contribution in [3.63, 3.8) is 0 Å². The smallest absolute Gasteiger partial charge is 0.314 e. The van der Waals surface area contributed by atoms with Crippen LogP contribution in [0.3, 0.4) is 0 Å². The van der Waals surface area contributed by atoms with Crippen LogP contribution in [-0.4, -0.2) is 30.8 Å². The summed E-state index contributed by atoms with van der Waals surface area (Å²) in [6.45, 7) is 5.17. The number of carbonyl (C=O) groups is 1. The molecule has 1 aliphatic carbocycles. The van der Waals surface area contributed by atoms with Gasteiger partial charge in [-0.05, 0) is 42.7 Å². The standard InChI is InChI=1S/C18H27FN2O2/c1-17(2,13-22)8-5-11-20-16(23)21-12-18(9-10-18)14-6-3-4-7-15(14)19/h3-4,6-7,22H,5,8-13H2,1-2H3,(H2,20,21,23). The molecule has 128 valence electrons. The molecule has 0 aliphatic heterocycles. The van der Waals surface area contributed by atoms with Crippen molar-refractivity contribution < 1.29 is 14.3 Å². The summed E-state index contributed by atoms with van der Waals surface area (Å²) in [4.78, 5) is 11.9. The Balaban J connectivity index is 1.72. The van der Waals surface area contributed by atoms with Gasteiger partial charge in [-0.15, -0.1) is 0 Å². The van der Waals surface area contributed by atoms with Gasteiger partial charge in [0.05, 0.1) is 0 Å². The Morgan fingerprint density at radius 3 is 2.61 bits per heavy atom. The lowest BCUT2D eigenvalue weighted by molar-refractivity contribution is 0.148. The summed E-state index contributed by atoms with van der Waals surface area (Å²) >= 11 is 0.